The average molecular weight is 279 g/mol. The summed E-state index contributed by atoms with van der Waals surface area (Å²) >= 11 is 0. The van der Waals surface area contributed by atoms with Gasteiger partial charge in [-0.1, -0.05) is 17.7 Å². The Kier molecular flexibility index (Phi) is 4.94. The van der Waals surface area contributed by atoms with E-state index in [1.807, 2.05) is 43.3 Å². The summed E-state index contributed by atoms with van der Waals surface area (Å²) in [6, 6.07) is 16.9. The molecule has 1 amide bonds. The van der Waals surface area contributed by atoms with E-state index < -0.39 is 0 Å². The number of nitrogens with zero attached hydrogens (tertiary/aromatic N) is 1. The van der Waals surface area contributed by atoms with Gasteiger partial charge in [-0.15, -0.1) is 0 Å². The Hall–Kier alpha value is -2.80. The zero-order valence-corrected chi connectivity index (χ0v) is 11.9. The van der Waals surface area contributed by atoms with Crippen molar-refractivity contribution in [2.24, 2.45) is 0 Å². The molecule has 0 fully saturated rings. The second-order valence-corrected chi connectivity index (χ2v) is 4.78. The zero-order valence-electron chi connectivity index (χ0n) is 11.9. The van der Waals surface area contributed by atoms with Gasteiger partial charge >= 0.3 is 0 Å². The summed E-state index contributed by atoms with van der Waals surface area (Å²) in [5.41, 5.74) is 3.49. The first-order chi connectivity index (χ1) is 10.2. The largest absolute Gasteiger partial charge is 0.385 e. The Morgan fingerprint density at radius 3 is 2.29 bits per heavy atom. The van der Waals surface area contributed by atoms with E-state index in [2.05, 4.69) is 16.7 Å². The highest BCUT2D eigenvalue weighted by Crippen LogP contribution is 2.10. The van der Waals surface area contributed by atoms with E-state index >= 15 is 0 Å². The second kappa shape index (κ2) is 7.11. The number of carbonyl (C=O) groups is 1. The first-order valence-corrected chi connectivity index (χ1v) is 6.78. The van der Waals surface area contributed by atoms with Crippen molar-refractivity contribution in [3.8, 4) is 6.07 Å². The Morgan fingerprint density at radius 1 is 1.05 bits per heavy atom. The molecule has 4 heteroatoms. The molecule has 2 N–H and O–H groups in total. The molecule has 0 aliphatic rings. The summed E-state index contributed by atoms with van der Waals surface area (Å²) in [4.78, 5) is 11.8. The van der Waals surface area contributed by atoms with Gasteiger partial charge in [0.1, 0.15) is 0 Å². The van der Waals surface area contributed by atoms with Crippen LogP contribution in [-0.4, -0.2) is 12.5 Å². The minimum Gasteiger partial charge on any atom is -0.385 e. The molecule has 2 aromatic rings. The maximum atomic E-state index is 11.8. The van der Waals surface area contributed by atoms with Crippen molar-refractivity contribution in [2.75, 3.05) is 17.2 Å². The molecule has 0 heterocycles. The minimum atomic E-state index is -0.0278. The highest BCUT2D eigenvalue weighted by Gasteiger charge is 2.02. The monoisotopic (exact) mass is 279 g/mol. The van der Waals surface area contributed by atoms with Crippen LogP contribution in [0.3, 0.4) is 0 Å². The minimum absolute atomic E-state index is 0.0278. The van der Waals surface area contributed by atoms with Crippen LogP contribution < -0.4 is 10.6 Å². The summed E-state index contributed by atoms with van der Waals surface area (Å²) < 4.78 is 0. The number of hydrogen-bond acceptors (Lipinski definition) is 3. The molecule has 4 nitrogen and oxygen atoms in total. The van der Waals surface area contributed by atoms with Crippen LogP contribution in [0.15, 0.2) is 48.5 Å². The van der Waals surface area contributed by atoms with Crippen molar-refractivity contribution in [1.29, 1.82) is 5.26 Å². The third-order valence-corrected chi connectivity index (χ3v) is 3.03. The van der Waals surface area contributed by atoms with Crippen molar-refractivity contribution in [3.63, 3.8) is 0 Å². The Bertz CT molecular complexity index is 639. The lowest BCUT2D eigenvalue weighted by Crippen LogP contribution is -2.16. The third kappa shape index (κ3) is 4.66. The van der Waals surface area contributed by atoms with Crippen LogP contribution in [0.1, 0.15) is 17.5 Å². The molecule has 2 aromatic carbocycles. The first kappa shape index (κ1) is 14.6. The molecule has 0 spiro atoms. The Morgan fingerprint density at radius 2 is 1.67 bits per heavy atom. The highest BCUT2D eigenvalue weighted by atomic mass is 16.1. The number of rotatable bonds is 5. The van der Waals surface area contributed by atoms with Gasteiger partial charge in [-0.25, -0.2) is 0 Å². The molecule has 0 aromatic heterocycles. The summed E-state index contributed by atoms with van der Waals surface area (Å²) in [5.74, 6) is -0.0278. The lowest BCUT2D eigenvalue weighted by molar-refractivity contribution is -0.115. The van der Waals surface area contributed by atoms with Crippen LogP contribution in [0, 0.1) is 18.3 Å². The average Bonchev–Trinajstić information content (AvgIpc) is 2.50. The van der Waals surface area contributed by atoms with Crippen LogP contribution in [0.2, 0.25) is 0 Å². The molecule has 0 aliphatic heterocycles. The smallest absolute Gasteiger partial charge is 0.226 e. The molecule has 0 saturated carbocycles. The number of benzene rings is 2. The number of hydrogen-bond donors (Lipinski definition) is 2. The summed E-state index contributed by atoms with van der Waals surface area (Å²) in [6.45, 7) is 2.55. The van der Waals surface area contributed by atoms with Crippen molar-refractivity contribution in [1.82, 2.24) is 0 Å². The van der Waals surface area contributed by atoms with Gasteiger partial charge in [-0.3, -0.25) is 4.79 Å². The summed E-state index contributed by atoms with van der Waals surface area (Å²) in [6.07, 6.45) is 0.383. The summed E-state index contributed by atoms with van der Waals surface area (Å²) in [7, 11) is 0. The fraction of sp³-hybridized carbons (Fsp3) is 0.176. The molecule has 0 unspecified atom stereocenters. The van der Waals surface area contributed by atoms with Crippen LogP contribution >= 0.6 is 0 Å². The number of carbonyl (C=O) groups excluding carboxylic acids is 1. The number of nitriles is 1. The number of amides is 1. The third-order valence-electron chi connectivity index (χ3n) is 3.03. The van der Waals surface area contributed by atoms with E-state index in [0.717, 1.165) is 16.9 Å². The molecule has 106 valence electrons. The van der Waals surface area contributed by atoms with Gasteiger partial charge in [-0.05, 0) is 43.3 Å². The van der Waals surface area contributed by atoms with Crippen molar-refractivity contribution < 1.29 is 4.79 Å². The van der Waals surface area contributed by atoms with Gasteiger partial charge in [0.2, 0.25) is 5.91 Å². The van der Waals surface area contributed by atoms with Crippen LogP contribution in [0.25, 0.3) is 0 Å². The van der Waals surface area contributed by atoms with Crippen molar-refractivity contribution in [3.05, 3.63) is 59.7 Å². The van der Waals surface area contributed by atoms with Gasteiger partial charge in [0, 0.05) is 24.3 Å². The van der Waals surface area contributed by atoms with E-state index in [9.17, 15) is 4.79 Å². The summed E-state index contributed by atoms with van der Waals surface area (Å²) in [5, 5.41) is 14.7. The Balaban J connectivity index is 1.76. The van der Waals surface area contributed by atoms with Gasteiger partial charge in [-0.2, -0.15) is 5.26 Å². The molecule has 0 bridgehead atoms. The molecule has 0 aliphatic carbocycles. The first-order valence-electron chi connectivity index (χ1n) is 6.78. The van der Waals surface area contributed by atoms with Crippen LogP contribution in [0.4, 0.5) is 11.4 Å². The molecule has 2 rings (SSSR count). The van der Waals surface area contributed by atoms with Gasteiger partial charge in [0.15, 0.2) is 0 Å². The van der Waals surface area contributed by atoms with E-state index in [4.69, 9.17) is 5.26 Å². The topological polar surface area (TPSA) is 64.9 Å². The van der Waals surface area contributed by atoms with Gasteiger partial charge in [0.05, 0.1) is 11.6 Å². The Labute approximate surface area is 124 Å². The molecule has 0 saturated heterocycles. The number of aryl methyl sites for hydroxylation is 1. The van der Waals surface area contributed by atoms with E-state index in [1.165, 1.54) is 0 Å². The lowest BCUT2D eigenvalue weighted by Gasteiger charge is -2.08. The molecule has 0 atom stereocenters. The SMILES string of the molecule is Cc1ccc(NC(=O)CCNc2ccc(C#N)cc2)cc1. The standard InChI is InChI=1S/C17H17N3O/c1-13-2-6-16(7-3-13)20-17(21)10-11-19-15-8-4-14(12-18)5-9-15/h2-9,19H,10-11H2,1H3,(H,20,21). The molecular formula is C17H17N3O. The van der Waals surface area contributed by atoms with Crippen LogP contribution in [-0.2, 0) is 4.79 Å². The maximum absolute atomic E-state index is 11.8. The number of anilines is 2. The lowest BCUT2D eigenvalue weighted by atomic mass is 10.2. The predicted molar refractivity (Wildman–Crippen MR) is 84.1 cm³/mol. The van der Waals surface area contributed by atoms with E-state index in [1.54, 1.807) is 12.1 Å². The van der Waals surface area contributed by atoms with Crippen molar-refractivity contribution in [2.45, 2.75) is 13.3 Å². The van der Waals surface area contributed by atoms with E-state index in [0.29, 0.717) is 18.5 Å². The van der Waals surface area contributed by atoms with Gasteiger partial charge < -0.3 is 10.6 Å². The molecule has 21 heavy (non-hydrogen) atoms. The second-order valence-electron chi connectivity index (χ2n) is 4.78. The zero-order chi connectivity index (χ0) is 15.1. The highest BCUT2D eigenvalue weighted by molar-refractivity contribution is 5.90. The molecule has 0 radical (unpaired) electrons. The maximum Gasteiger partial charge on any atom is 0.226 e. The number of nitrogens with one attached hydrogen (secondary N) is 2. The normalized spacial score (nSPS) is 9.71. The van der Waals surface area contributed by atoms with Crippen molar-refractivity contribution >= 4 is 17.3 Å². The van der Waals surface area contributed by atoms with E-state index in [-0.39, 0.29) is 5.91 Å². The fourth-order valence-corrected chi connectivity index (χ4v) is 1.84. The fourth-order valence-electron chi connectivity index (χ4n) is 1.84. The molecular weight excluding hydrogens is 262 g/mol. The van der Waals surface area contributed by atoms with Gasteiger partial charge in [0.25, 0.3) is 0 Å². The quantitative estimate of drug-likeness (QED) is 0.882. The predicted octanol–water partition coefficient (Wildman–Crippen LogP) is 3.31. The van der Waals surface area contributed by atoms with Crippen LogP contribution in [0.5, 0.6) is 0 Å².